The molecule has 0 spiro atoms. The van der Waals surface area contributed by atoms with Crippen molar-refractivity contribution in [3.63, 3.8) is 0 Å². The van der Waals surface area contributed by atoms with Crippen LogP contribution in [-0.4, -0.2) is 65.3 Å². The van der Waals surface area contributed by atoms with Gasteiger partial charge in [0.15, 0.2) is 0 Å². The maximum Gasteiger partial charge on any atom is 0.327 e. The summed E-state index contributed by atoms with van der Waals surface area (Å²) in [6.45, 7) is 4.01. The number of carboxylic acids is 1. The second kappa shape index (κ2) is 15.3. The molecule has 3 amide bonds. The summed E-state index contributed by atoms with van der Waals surface area (Å²) >= 11 is 3.96. The quantitative estimate of drug-likeness (QED) is 0.130. The summed E-state index contributed by atoms with van der Waals surface area (Å²) in [5.41, 5.74) is 12.3. The van der Waals surface area contributed by atoms with Gasteiger partial charge in [-0.05, 0) is 37.3 Å². The average molecular weight is 496 g/mol. The lowest BCUT2D eigenvalue weighted by atomic mass is 10.0. The number of carbonyl (C=O) groups excluding carboxylic acids is 3. The standard InChI is InChI=1S/C23H37N5O5S/c1-14(2)19(25)22(31)27-17(12-15-8-4-3-5-9-15)21(30)26-16(10-6-7-11-24)20(29)28-18(13-34)23(32)33/h3-5,8-9,14,16-19,34H,6-7,10-13,24-25H2,1-2H3,(H,26,30)(H,27,31)(H,28,29)(H,32,33). The number of thiol groups is 1. The number of nitrogens with two attached hydrogens (primary N) is 2. The van der Waals surface area contributed by atoms with E-state index in [2.05, 4.69) is 28.6 Å². The number of hydrogen-bond acceptors (Lipinski definition) is 7. The smallest absolute Gasteiger partial charge is 0.327 e. The van der Waals surface area contributed by atoms with Gasteiger partial charge >= 0.3 is 5.97 Å². The minimum absolute atomic E-state index is 0.107. The fourth-order valence-electron chi connectivity index (χ4n) is 3.12. The molecule has 1 rings (SSSR count). The Balaban J connectivity index is 3.07. The minimum atomic E-state index is -1.23. The highest BCUT2D eigenvalue weighted by Crippen LogP contribution is 2.08. The summed E-state index contributed by atoms with van der Waals surface area (Å²) in [4.78, 5) is 49.9. The SMILES string of the molecule is CC(C)C(N)C(=O)NC(Cc1ccccc1)C(=O)NC(CCCCN)C(=O)NC(CS)C(=O)O. The number of carbonyl (C=O) groups is 4. The molecule has 8 N–H and O–H groups in total. The molecule has 4 unspecified atom stereocenters. The van der Waals surface area contributed by atoms with Crippen LogP contribution in [0.5, 0.6) is 0 Å². The van der Waals surface area contributed by atoms with Crippen LogP contribution in [0.2, 0.25) is 0 Å². The van der Waals surface area contributed by atoms with Crippen LogP contribution < -0.4 is 27.4 Å². The van der Waals surface area contributed by atoms with Gasteiger partial charge in [-0.3, -0.25) is 14.4 Å². The van der Waals surface area contributed by atoms with Crippen LogP contribution in [0.15, 0.2) is 30.3 Å². The van der Waals surface area contributed by atoms with E-state index in [-0.39, 0.29) is 24.5 Å². The largest absolute Gasteiger partial charge is 0.480 e. The van der Waals surface area contributed by atoms with Crippen molar-refractivity contribution >= 4 is 36.3 Å². The third kappa shape index (κ3) is 10.1. The summed E-state index contributed by atoms with van der Waals surface area (Å²) < 4.78 is 0. The van der Waals surface area contributed by atoms with Gasteiger partial charge in [0.2, 0.25) is 17.7 Å². The van der Waals surface area contributed by atoms with Crippen LogP contribution >= 0.6 is 12.6 Å². The number of nitrogens with one attached hydrogen (secondary N) is 3. The molecule has 0 saturated heterocycles. The third-order valence-corrected chi connectivity index (χ3v) is 5.68. The zero-order valence-electron chi connectivity index (χ0n) is 19.7. The van der Waals surface area contributed by atoms with E-state index in [1.165, 1.54) is 0 Å². The van der Waals surface area contributed by atoms with Gasteiger partial charge in [-0.1, -0.05) is 44.2 Å². The lowest BCUT2D eigenvalue weighted by Crippen LogP contribution is -2.58. The Hall–Kier alpha value is -2.63. The zero-order chi connectivity index (χ0) is 25.7. The highest BCUT2D eigenvalue weighted by Gasteiger charge is 2.30. The molecule has 0 fully saturated rings. The number of benzene rings is 1. The van der Waals surface area contributed by atoms with E-state index in [0.717, 1.165) is 5.56 Å². The molecule has 0 aliphatic rings. The minimum Gasteiger partial charge on any atom is -0.480 e. The Bertz CT molecular complexity index is 808. The van der Waals surface area contributed by atoms with Crippen molar-refractivity contribution in [2.24, 2.45) is 17.4 Å². The van der Waals surface area contributed by atoms with Gasteiger partial charge < -0.3 is 32.5 Å². The number of hydrogen-bond donors (Lipinski definition) is 7. The summed E-state index contributed by atoms with van der Waals surface area (Å²) in [6.07, 6.45) is 1.61. The molecular weight excluding hydrogens is 458 g/mol. The van der Waals surface area contributed by atoms with Crippen molar-refractivity contribution in [2.45, 2.75) is 63.7 Å². The first-order valence-electron chi connectivity index (χ1n) is 11.3. The normalized spacial score (nSPS) is 14.5. The Morgan fingerprint density at radius 1 is 0.912 bits per heavy atom. The van der Waals surface area contributed by atoms with Gasteiger partial charge in [-0.2, -0.15) is 12.6 Å². The molecule has 1 aromatic rings. The van der Waals surface area contributed by atoms with E-state index in [0.29, 0.717) is 19.4 Å². The van der Waals surface area contributed by atoms with Crippen LogP contribution in [0.1, 0.15) is 38.7 Å². The predicted octanol–water partition coefficient (Wildman–Crippen LogP) is -0.190. The summed E-state index contributed by atoms with van der Waals surface area (Å²) in [6, 6.07) is 5.13. The second-order valence-corrected chi connectivity index (χ2v) is 8.81. The summed E-state index contributed by atoms with van der Waals surface area (Å²) in [5, 5.41) is 17.0. The molecule has 0 aromatic heterocycles. The van der Waals surface area contributed by atoms with Crippen LogP contribution in [0, 0.1) is 5.92 Å². The van der Waals surface area contributed by atoms with Crippen molar-refractivity contribution in [1.29, 1.82) is 0 Å². The summed E-state index contributed by atoms with van der Waals surface area (Å²) in [7, 11) is 0. The number of rotatable bonds is 15. The Morgan fingerprint density at radius 3 is 2.00 bits per heavy atom. The van der Waals surface area contributed by atoms with E-state index in [1.807, 2.05) is 30.3 Å². The number of aliphatic carboxylic acids is 1. The van der Waals surface area contributed by atoms with Gasteiger partial charge in [-0.25, -0.2) is 4.79 Å². The number of unbranched alkanes of at least 4 members (excludes halogenated alkanes) is 1. The molecule has 10 nitrogen and oxygen atoms in total. The molecule has 190 valence electrons. The third-order valence-electron chi connectivity index (χ3n) is 5.31. The number of amides is 3. The molecule has 11 heteroatoms. The maximum atomic E-state index is 13.2. The lowest BCUT2D eigenvalue weighted by molar-refractivity contribution is -0.141. The van der Waals surface area contributed by atoms with Crippen molar-refractivity contribution in [3.8, 4) is 0 Å². The van der Waals surface area contributed by atoms with Crippen LogP contribution in [0.4, 0.5) is 0 Å². The molecule has 0 radical (unpaired) electrons. The molecule has 34 heavy (non-hydrogen) atoms. The molecule has 4 atom stereocenters. The van der Waals surface area contributed by atoms with E-state index >= 15 is 0 Å². The lowest BCUT2D eigenvalue weighted by Gasteiger charge is -2.25. The molecule has 0 aliphatic heterocycles. The van der Waals surface area contributed by atoms with Crippen LogP contribution in [0.25, 0.3) is 0 Å². The van der Waals surface area contributed by atoms with Gasteiger partial charge in [0.25, 0.3) is 0 Å². The molecule has 0 bridgehead atoms. The Labute approximate surface area is 206 Å². The summed E-state index contributed by atoms with van der Waals surface area (Å²) in [5.74, 6) is -3.16. The van der Waals surface area contributed by atoms with Crippen molar-refractivity contribution in [3.05, 3.63) is 35.9 Å². The highest BCUT2D eigenvalue weighted by molar-refractivity contribution is 7.80. The molecular formula is C23H37N5O5S. The van der Waals surface area contributed by atoms with E-state index in [9.17, 15) is 24.3 Å². The van der Waals surface area contributed by atoms with Gasteiger partial charge in [0, 0.05) is 12.2 Å². The average Bonchev–Trinajstić information content (AvgIpc) is 2.80. The zero-order valence-corrected chi connectivity index (χ0v) is 20.6. The van der Waals surface area contributed by atoms with Crippen LogP contribution in [0.3, 0.4) is 0 Å². The van der Waals surface area contributed by atoms with E-state index < -0.39 is 47.9 Å². The van der Waals surface area contributed by atoms with Crippen molar-refractivity contribution in [1.82, 2.24) is 16.0 Å². The van der Waals surface area contributed by atoms with Crippen LogP contribution in [-0.2, 0) is 25.6 Å². The monoisotopic (exact) mass is 495 g/mol. The molecule has 0 saturated carbocycles. The molecule has 0 aliphatic carbocycles. The van der Waals surface area contributed by atoms with Crippen molar-refractivity contribution in [2.75, 3.05) is 12.3 Å². The van der Waals surface area contributed by atoms with Gasteiger partial charge in [0.05, 0.1) is 6.04 Å². The second-order valence-electron chi connectivity index (χ2n) is 8.45. The predicted molar refractivity (Wildman–Crippen MR) is 133 cm³/mol. The van der Waals surface area contributed by atoms with E-state index in [4.69, 9.17) is 11.5 Å². The Kier molecular flexibility index (Phi) is 13.2. The van der Waals surface area contributed by atoms with Crippen molar-refractivity contribution < 1.29 is 24.3 Å². The van der Waals surface area contributed by atoms with Gasteiger partial charge in [0.1, 0.15) is 18.1 Å². The first-order chi connectivity index (χ1) is 16.1. The first kappa shape index (κ1) is 29.4. The highest BCUT2D eigenvalue weighted by atomic mass is 32.1. The topological polar surface area (TPSA) is 177 Å². The fraction of sp³-hybridized carbons (Fsp3) is 0.565. The fourth-order valence-corrected chi connectivity index (χ4v) is 3.37. The van der Waals surface area contributed by atoms with E-state index in [1.54, 1.807) is 13.8 Å². The molecule has 1 aromatic carbocycles. The van der Waals surface area contributed by atoms with Gasteiger partial charge in [-0.15, -0.1) is 0 Å². The maximum absolute atomic E-state index is 13.2. The first-order valence-corrected chi connectivity index (χ1v) is 12.0. The molecule has 0 heterocycles. The Morgan fingerprint density at radius 2 is 1.47 bits per heavy atom. The number of carboxylic acid groups (broad SMARTS) is 1.